The van der Waals surface area contributed by atoms with Crippen LogP contribution in [0.2, 0.25) is 0 Å². The molecule has 0 aliphatic heterocycles. The van der Waals surface area contributed by atoms with Gasteiger partial charge < -0.3 is 10.4 Å². The Kier molecular flexibility index (Phi) is 6.85. The average molecular weight is 272 g/mol. The van der Waals surface area contributed by atoms with Crippen molar-refractivity contribution in [3.8, 4) is 0 Å². The summed E-state index contributed by atoms with van der Waals surface area (Å²) in [4.78, 5) is 10.2. The predicted molar refractivity (Wildman–Crippen MR) is 72.8 cm³/mol. The van der Waals surface area contributed by atoms with Crippen LogP contribution < -0.4 is 5.32 Å². The van der Waals surface area contributed by atoms with E-state index >= 15 is 0 Å². The number of aliphatic hydroxyl groups is 1. The highest BCUT2D eigenvalue weighted by molar-refractivity contribution is 7.13. The maximum atomic E-state index is 10.5. The van der Waals surface area contributed by atoms with Crippen molar-refractivity contribution in [3.05, 3.63) is 27.1 Å². The first kappa shape index (κ1) is 15.1. The summed E-state index contributed by atoms with van der Waals surface area (Å²) in [7, 11) is 0. The number of thiophene rings is 1. The second-order valence-electron chi connectivity index (χ2n) is 4.35. The normalized spacial score (nSPS) is 12.6. The molecule has 1 unspecified atom stereocenters. The van der Waals surface area contributed by atoms with E-state index in [1.807, 2.05) is 5.38 Å². The van der Waals surface area contributed by atoms with E-state index in [0.29, 0.717) is 12.5 Å². The Labute approximate surface area is 111 Å². The molecule has 0 spiro atoms. The third kappa shape index (κ3) is 5.12. The fraction of sp³-hybridized carbons (Fsp3) is 0.667. The Morgan fingerprint density at radius 1 is 1.56 bits per heavy atom. The summed E-state index contributed by atoms with van der Waals surface area (Å²) in [5.74, 6) is 0.480. The zero-order valence-electron chi connectivity index (χ0n) is 10.6. The summed E-state index contributed by atoms with van der Waals surface area (Å²) >= 11 is 1.16. The van der Waals surface area contributed by atoms with Crippen LogP contribution in [0, 0.1) is 16.0 Å². The lowest BCUT2D eigenvalue weighted by atomic mass is 10.0. The molecule has 1 heterocycles. The van der Waals surface area contributed by atoms with Gasteiger partial charge in [0.25, 0.3) is 0 Å². The highest BCUT2D eigenvalue weighted by Crippen LogP contribution is 2.22. The Hall–Kier alpha value is -0.980. The van der Waals surface area contributed by atoms with E-state index in [1.54, 1.807) is 6.07 Å². The van der Waals surface area contributed by atoms with E-state index in [-0.39, 0.29) is 16.5 Å². The van der Waals surface area contributed by atoms with Crippen molar-refractivity contribution in [2.45, 2.75) is 32.7 Å². The van der Waals surface area contributed by atoms with Gasteiger partial charge in [0, 0.05) is 24.6 Å². The van der Waals surface area contributed by atoms with Gasteiger partial charge in [-0.2, -0.15) is 0 Å². The number of hydrogen-bond acceptors (Lipinski definition) is 5. The zero-order chi connectivity index (χ0) is 13.4. The van der Waals surface area contributed by atoms with Crippen LogP contribution in [-0.4, -0.2) is 23.2 Å². The second kappa shape index (κ2) is 8.18. The summed E-state index contributed by atoms with van der Waals surface area (Å²) < 4.78 is 0. The van der Waals surface area contributed by atoms with Crippen molar-refractivity contribution in [3.63, 3.8) is 0 Å². The van der Waals surface area contributed by atoms with Crippen LogP contribution in [0.5, 0.6) is 0 Å². The minimum atomic E-state index is -0.361. The van der Waals surface area contributed by atoms with Crippen LogP contribution in [0.25, 0.3) is 0 Å². The lowest BCUT2D eigenvalue weighted by molar-refractivity contribution is -0.380. The summed E-state index contributed by atoms with van der Waals surface area (Å²) in [6.45, 7) is 3.84. The average Bonchev–Trinajstić information content (AvgIpc) is 2.78. The smallest absolute Gasteiger partial charge is 0.324 e. The number of nitrogens with one attached hydrogen (secondary N) is 1. The first-order valence-electron chi connectivity index (χ1n) is 6.20. The monoisotopic (exact) mass is 272 g/mol. The molecule has 0 saturated heterocycles. The van der Waals surface area contributed by atoms with E-state index < -0.39 is 0 Å². The minimum Gasteiger partial charge on any atom is -0.396 e. The largest absolute Gasteiger partial charge is 0.396 e. The summed E-state index contributed by atoms with van der Waals surface area (Å²) in [5.41, 5.74) is 0.950. The molecular weight excluding hydrogens is 252 g/mol. The summed E-state index contributed by atoms with van der Waals surface area (Å²) in [6.07, 6.45) is 3.01. The quantitative estimate of drug-likeness (QED) is 0.535. The van der Waals surface area contributed by atoms with Crippen molar-refractivity contribution in [1.82, 2.24) is 5.32 Å². The van der Waals surface area contributed by atoms with Crippen LogP contribution in [0.15, 0.2) is 11.4 Å². The summed E-state index contributed by atoms with van der Waals surface area (Å²) in [5, 5.41) is 24.8. The van der Waals surface area contributed by atoms with Gasteiger partial charge in [-0.1, -0.05) is 24.7 Å². The molecular formula is C12H20N2O3S. The second-order valence-corrected chi connectivity index (χ2v) is 5.24. The molecule has 102 valence electrons. The van der Waals surface area contributed by atoms with Gasteiger partial charge in [-0.15, -0.1) is 0 Å². The third-order valence-corrected chi connectivity index (χ3v) is 3.75. The van der Waals surface area contributed by atoms with E-state index in [4.69, 9.17) is 5.11 Å². The van der Waals surface area contributed by atoms with Gasteiger partial charge in [0.2, 0.25) is 0 Å². The number of rotatable bonds is 9. The number of aliphatic hydroxyl groups excluding tert-OH is 1. The topological polar surface area (TPSA) is 75.4 Å². The van der Waals surface area contributed by atoms with E-state index in [0.717, 1.165) is 42.7 Å². The molecule has 1 rings (SSSR count). The molecule has 0 aliphatic rings. The first-order valence-corrected chi connectivity index (χ1v) is 7.08. The molecule has 0 fully saturated rings. The van der Waals surface area contributed by atoms with Gasteiger partial charge in [0.1, 0.15) is 0 Å². The summed E-state index contributed by atoms with van der Waals surface area (Å²) in [6, 6.07) is 1.61. The minimum absolute atomic E-state index is 0.187. The van der Waals surface area contributed by atoms with Crippen LogP contribution in [0.4, 0.5) is 5.00 Å². The van der Waals surface area contributed by atoms with Crippen LogP contribution >= 0.6 is 11.3 Å². The van der Waals surface area contributed by atoms with Crippen molar-refractivity contribution >= 4 is 16.3 Å². The lowest BCUT2D eigenvalue weighted by Gasteiger charge is -2.15. The molecule has 6 heteroatoms. The number of nitro groups is 1. The highest BCUT2D eigenvalue weighted by Gasteiger charge is 2.10. The molecule has 1 atom stereocenters. The number of nitrogens with zero attached hydrogens (tertiary/aromatic N) is 1. The molecule has 1 aromatic rings. The van der Waals surface area contributed by atoms with Crippen molar-refractivity contribution in [1.29, 1.82) is 0 Å². The molecule has 2 N–H and O–H groups in total. The Bertz CT molecular complexity index is 362. The molecule has 0 aliphatic carbocycles. The molecule has 0 aromatic carbocycles. The van der Waals surface area contributed by atoms with Gasteiger partial charge in [-0.05, 0) is 30.9 Å². The van der Waals surface area contributed by atoms with Gasteiger partial charge in [-0.25, -0.2) is 0 Å². The van der Waals surface area contributed by atoms with Crippen molar-refractivity contribution in [2.24, 2.45) is 5.92 Å². The Balaban J connectivity index is 2.32. The highest BCUT2D eigenvalue weighted by atomic mass is 32.1. The van der Waals surface area contributed by atoms with Gasteiger partial charge in [0.05, 0.1) is 4.92 Å². The fourth-order valence-electron chi connectivity index (χ4n) is 1.91. The first-order chi connectivity index (χ1) is 8.67. The molecule has 5 nitrogen and oxygen atoms in total. The van der Waals surface area contributed by atoms with Crippen molar-refractivity contribution < 1.29 is 10.0 Å². The third-order valence-electron chi connectivity index (χ3n) is 2.82. The molecule has 1 aromatic heterocycles. The standard InChI is InChI=1S/C12H20N2O3S/c1-2-3-10(4-5-15)7-13-8-11-6-12(14(16)17)18-9-11/h6,9-10,13,15H,2-5,7-8H2,1H3. The lowest BCUT2D eigenvalue weighted by Crippen LogP contribution is -2.23. The molecule has 18 heavy (non-hydrogen) atoms. The zero-order valence-corrected chi connectivity index (χ0v) is 11.4. The van der Waals surface area contributed by atoms with Gasteiger partial charge >= 0.3 is 5.00 Å². The molecule has 0 saturated carbocycles. The van der Waals surface area contributed by atoms with Gasteiger partial charge in [0.15, 0.2) is 0 Å². The fourth-order valence-corrected chi connectivity index (χ4v) is 2.64. The van der Waals surface area contributed by atoms with E-state index in [1.165, 1.54) is 0 Å². The molecule has 0 bridgehead atoms. The van der Waals surface area contributed by atoms with Crippen LogP contribution in [0.1, 0.15) is 31.7 Å². The van der Waals surface area contributed by atoms with Crippen molar-refractivity contribution in [2.75, 3.05) is 13.2 Å². The van der Waals surface area contributed by atoms with E-state index in [2.05, 4.69) is 12.2 Å². The predicted octanol–water partition coefficient (Wildman–Crippen LogP) is 2.54. The van der Waals surface area contributed by atoms with Gasteiger partial charge in [-0.3, -0.25) is 10.1 Å². The SMILES string of the molecule is CCCC(CCO)CNCc1csc([N+](=O)[O-])c1. The molecule has 0 amide bonds. The van der Waals surface area contributed by atoms with Crippen LogP contribution in [0.3, 0.4) is 0 Å². The van der Waals surface area contributed by atoms with Crippen LogP contribution in [-0.2, 0) is 6.54 Å². The number of hydrogen-bond donors (Lipinski definition) is 2. The maximum absolute atomic E-state index is 10.5. The maximum Gasteiger partial charge on any atom is 0.324 e. The Morgan fingerprint density at radius 2 is 2.33 bits per heavy atom. The Morgan fingerprint density at radius 3 is 2.89 bits per heavy atom. The molecule has 0 radical (unpaired) electrons. The van der Waals surface area contributed by atoms with E-state index in [9.17, 15) is 10.1 Å².